The molecule has 0 spiro atoms. The van der Waals surface area contributed by atoms with Crippen LogP contribution in [0.2, 0.25) is 0 Å². The Labute approximate surface area is 148 Å². The molecule has 1 saturated heterocycles. The number of aromatic nitrogens is 1. The lowest BCUT2D eigenvalue weighted by molar-refractivity contribution is -0.139. The second kappa shape index (κ2) is 7.96. The molecule has 9 heteroatoms. The van der Waals surface area contributed by atoms with E-state index in [0.717, 1.165) is 0 Å². The number of ether oxygens (including phenoxy) is 2. The summed E-state index contributed by atoms with van der Waals surface area (Å²) in [6.07, 6.45) is -0.215. The largest absolute Gasteiger partial charge is 0.482 e. The highest BCUT2D eigenvalue weighted by Crippen LogP contribution is 2.19. The number of carboxylic acids is 1. The quantitative estimate of drug-likeness (QED) is 0.832. The van der Waals surface area contributed by atoms with Crippen molar-refractivity contribution in [3.63, 3.8) is 0 Å². The fourth-order valence-electron chi connectivity index (χ4n) is 2.63. The smallest absolute Gasteiger partial charge is 0.305 e. The van der Waals surface area contributed by atoms with E-state index in [9.17, 15) is 14.0 Å². The van der Waals surface area contributed by atoms with Crippen molar-refractivity contribution < 1.29 is 33.1 Å². The second-order valence-corrected chi connectivity index (χ2v) is 5.72. The van der Waals surface area contributed by atoms with Gasteiger partial charge in [-0.05, 0) is 12.1 Å². The van der Waals surface area contributed by atoms with Crippen LogP contribution >= 0.6 is 0 Å². The number of aliphatic carboxylic acids is 1. The Morgan fingerprint density at radius 1 is 1.38 bits per heavy atom. The lowest BCUT2D eigenvalue weighted by Crippen LogP contribution is -2.49. The van der Waals surface area contributed by atoms with E-state index in [1.54, 1.807) is 12.1 Å². The Bertz CT molecular complexity index is 793. The molecular weight excluding hydrogens is 347 g/mol. The Balaban J connectivity index is 1.65. The fraction of sp³-hybridized carbons (Fsp3) is 0.353. The number of hydrogen-bond donors (Lipinski definition) is 1. The zero-order chi connectivity index (χ0) is 18.5. The number of benzene rings is 1. The Hall–Kier alpha value is -2.94. The van der Waals surface area contributed by atoms with Crippen LogP contribution in [0, 0.1) is 5.82 Å². The van der Waals surface area contributed by atoms with Crippen LogP contribution in [0.15, 0.2) is 34.9 Å². The van der Waals surface area contributed by atoms with Crippen molar-refractivity contribution in [1.29, 1.82) is 0 Å². The number of carbonyl (C=O) groups excluding carboxylic acids is 1. The van der Waals surface area contributed by atoms with E-state index >= 15 is 0 Å². The molecule has 1 aromatic heterocycles. The van der Waals surface area contributed by atoms with E-state index in [0.29, 0.717) is 6.61 Å². The van der Waals surface area contributed by atoms with Gasteiger partial charge in [0.2, 0.25) is 0 Å². The highest BCUT2D eigenvalue weighted by atomic mass is 19.1. The van der Waals surface area contributed by atoms with Crippen LogP contribution in [0.5, 0.6) is 5.75 Å². The molecule has 26 heavy (non-hydrogen) atoms. The van der Waals surface area contributed by atoms with Crippen molar-refractivity contribution in [3.05, 3.63) is 47.6 Å². The van der Waals surface area contributed by atoms with E-state index in [1.165, 1.54) is 23.1 Å². The number of nitrogens with zero attached hydrogens (tertiary/aromatic N) is 2. The maximum atomic E-state index is 13.5. The summed E-state index contributed by atoms with van der Waals surface area (Å²) in [6.45, 7) is 0.648. The highest BCUT2D eigenvalue weighted by Gasteiger charge is 2.31. The summed E-state index contributed by atoms with van der Waals surface area (Å²) in [5.74, 6) is -1.66. The Kier molecular flexibility index (Phi) is 5.47. The predicted molar refractivity (Wildman–Crippen MR) is 85.1 cm³/mol. The molecule has 0 saturated carbocycles. The number of para-hydroxylation sites is 1. The van der Waals surface area contributed by atoms with Crippen LogP contribution in [-0.4, -0.2) is 52.8 Å². The van der Waals surface area contributed by atoms with Gasteiger partial charge in [-0.2, -0.15) is 0 Å². The van der Waals surface area contributed by atoms with E-state index in [-0.39, 0.29) is 43.4 Å². The average Bonchev–Trinajstić information content (AvgIpc) is 3.09. The molecule has 1 aromatic carbocycles. The Morgan fingerprint density at radius 2 is 2.19 bits per heavy atom. The summed E-state index contributed by atoms with van der Waals surface area (Å²) < 4.78 is 29.1. The van der Waals surface area contributed by atoms with Gasteiger partial charge in [-0.15, -0.1) is 0 Å². The third kappa shape index (κ3) is 4.17. The maximum Gasteiger partial charge on any atom is 0.305 e. The van der Waals surface area contributed by atoms with Crippen molar-refractivity contribution in [2.75, 3.05) is 19.8 Å². The molecule has 0 aliphatic carbocycles. The van der Waals surface area contributed by atoms with Crippen molar-refractivity contribution in [2.45, 2.75) is 19.1 Å². The summed E-state index contributed by atoms with van der Waals surface area (Å²) in [6, 6.07) is 6.76. The molecule has 0 bridgehead atoms. The minimum Gasteiger partial charge on any atom is -0.482 e. The molecule has 8 nitrogen and oxygen atoms in total. The topological polar surface area (TPSA) is 102 Å². The molecule has 1 atom stereocenters. The first-order valence-electron chi connectivity index (χ1n) is 7.98. The molecule has 1 N–H and O–H groups in total. The number of amides is 1. The van der Waals surface area contributed by atoms with Crippen LogP contribution in [0.3, 0.4) is 0 Å². The lowest BCUT2D eigenvalue weighted by atomic mass is 10.1. The van der Waals surface area contributed by atoms with Gasteiger partial charge in [0.05, 0.1) is 25.7 Å². The average molecular weight is 364 g/mol. The lowest BCUT2D eigenvalue weighted by Gasteiger charge is -2.34. The van der Waals surface area contributed by atoms with Gasteiger partial charge in [0.15, 0.2) is 23.0 Å². The fourth-order valence-corrected chi connectivity index (χ4v) is 2.63. The van der Waals surface area contributed by atoms with Crippen LogP contribution < -0.4 is 4.74 Å². The molecular formula is C17H17FN2O6. The number of hydrogen-bond acceptors (Lipinski definition) is 6. The normalized spacial score (nSPS) is 17.1. The zero-order valence-corrected chi connectivity index (χ0v) is 13.8. The first kappa shape index (κ1) is 17.9. The molecule has 2 aromatic rings. The number of rotatable bonds is 6. The molecule has 138 valence electrons. The minimum atomic E-state index is -1.02. The minimum absolute atomic E-state index is 0.0365. The number of morpholine rings is 1. The van der Waals surface area contributed by atoms with Gasteiger partial charge >= 0.3 is 5.97 Å². The predicted octanol–water partition coefficient (Wildman–Crippen LogP) is 1.71. The van der Waals surface area contributed by atoms with E-state index in [1.807, 2.05) is 0 Å². The van der Waals surface area contributed by atoms with Gasteiger partial charge in [-0.1, -0.05) is 17.3 Å². The number of carboxylic acid groups (broad SMARTS) is 1. The molecule has 1 fully saturated rings. The third-order valence-electron chi connectivity index (χ3n) is 3.88. The maximum absolute atomic E-state index is 13.5. The summed E-state index contributed by atoms with van der Waals surface area (Å²) in [7, 11) is 0. The van der Waals surface area contributed by atoms with Crippen molar-refractivity contribution in [1.82, 2.24) is 10.1 Å². The van der Waals surface area contributed by atoms with Gasteiger partial charge < -0.3 is 24.0 Å². The molecule has 0 radical (unpaired) electrons. The molecule has 1 unspecified atom stereocenters. The summed E-state index contributed by atoms with van der Waals surface area (Å²) in [5, 5.41) is 12.7. The second-order valence-electron chi connectivity index (χ2n) is 5.72. The van der Waals surface area contributed by atoms with E-state index in [4.69, 9.17) is 19.1 Å². The first-order chi connectivity index (χ1) is 12.5. The van der Waals surface area contributed by atoms with Gasteiger partial charge in [-0.3, -0.25) is 9.59 Å². The highest BCUT2D eigenvalue weighted by molar-refractivity contribution is 5.92. The van der Waals surface area contributed by atoms with E-state index < -0.39 is 23.7 Å². The van der Waals surface area contributed by atoms with Gasteiger partial charge in [-0.25, -0.2) is 4.39 Å². The summed E-state index contributed by atoms with van der Waals surface area (Å²) >= 11 is 0. The molecule has 2 heterocycles. The summed E-state index contributed by atoms with van der Waals surface area (Å²) in [4.78, 5) is 24.9. The molecule has 1 amide bonds. The standard InChI is InChI=1S/C17H17FN2O6/c18-13-3-1-2-4-15(13)25-10-12-8-14(19-26-12)17(23)20-5-6-24-9-11(20)7-16(21)22/h1-4,8,11H,5-7,9-10H2,(H,21,22). The van der Waals surface area contributed by atoms with Crippen LogP contribution in [0.4, 0.5) is 4.39 Å². The molecule has 1 aliphatic heterocycles. The molecule has 1 aliphatic rings. The van der Waals surface area contributed by atoms with Crippen molar-refractivity contribution in [2.24, 2.45) is 0 Å². The van der Waals surface area contributed by atoms with Crippen molar-refractivity contribution in [3.8, 4) is 5.75 Å². The van der Waals surface area contributed by atoms with Gasteiger partial charge in [0.25, 0.3) is 5.91 Å². The SMILES string of the molecule is O=C(O)CC1COCCN1C(=O)c1cc(COc2ccccc2F)on1. The first-order valence-corrected chi connectivity index (χ1v) is 7.98. The van der Waals surface area contributed by atoms with Crippen LogP contribution in [0.1, 0.15) is 22.7 Å². The monoisotopic (exact) mass is 364 g/mol. The summed E-state index contributed by atoms with van der Waals surface area (Å²) in [5.41, 5.74) is 0.0365. The zero-order valence-electron chi connectivity index (χ0n) is 13.8. The van der Waals surface area contributed by atoms with Gasteiger partial charge in [0.1, 0.15) is 6.61 Å². The van der Waals surface area contributed by atoms with Gasteiger partial charge in [0, 0.05) is 12.6 Å². The third-order valence-corrected chi connectivity index (χ3v) is 3.88. The molecule has 3 rings (SSSR count). The number of halogens is 1. The van der Waals surface area contributed by atoms with E-state index in [2.05, 4.69) is 5.16 Å². The van der Waals surface area contributed by atoms with Crippen LogP contribution in [0.25, 0.3) is 0 Å². The Morgan fingerprint density at radius 3 is 2.96 bits per heavy atom. The van der Waals surface area contributed by atoms with Crippen molar-refractivity contribution >= 4 is 11.9 Å². The number of carbonyl (C=O) groups is 2. The van der Waals surface area contributed by atoms with Crippen LogP contribution in [-0.2, 0) is 16.1 Å².